The van der Waals surface area contributed by atoms with Crippen molar-refractivity contribution in [1.29, 1.82) is 0 Å². The van der Waals surface area contributed by atoms with Gasteiger partial charge in [0.25, 0.3) is 0 Å². The molecule has 0 aliphatic carbocycles. The normalized spacial score (nSPS) is 10.9. The van der Waals surface area contributed by atoms with E-state index in [0.29, 0.717) is 0 Å². The molecule has 20 heavy (non-hydrogen) atoms. The topological polar surface area (TPSA) is 9.23 Å². The first-order chi connectivity index (χ1) is 9.33. The van der Waals surface area contributed by atoms with E-state index in [1.165, 1.54) is 14.7 Å². The Morgan fingerprint density at radius 2 is 1.90 bits per heavy atom. The minimum Gasteiger partial charge on any atom is -0.496 e. The molecule has 0 aliphatic rings. The Hall–Kier alpha value is -0.473. The van der Waals surface area contributed by atoms with Crippen LogP contribution in [0.25, 0.3) is 0 Å². The summed E-state index contributed by atoms with van der Waals surface area (Å²) < 4.78 is 6.73. The van der Waals surface area contributed by atoms with Crippen LogP contribution in [0.4, 0.5) is 0 Å². The smallest absolute Gasteiger partial charge is 0.122 e. The molecule has 1 aromatic carbocycles. The van der Waals surface area contributed by atoms with Gasteiger partial charge in [0.2, 0.25) is 0 Å². The number of benzene rings is 1. The van der Waals surface area contributed by atoms with Gasteiger partial charge in [-0.1, -0.05) is 19.6 Å². The summed E-state index contributed by atoms with van der Waals surface area (Å²) >= 11 is 2.41. The Balaban J connectivity index is 2.50. The van der Waals surface area contributed by atoms with E-state index in [2.05, 4.69) is 73.1 Å². The molecular formula is C17H25IOSi. The average molecular weight is 400 g/mol. The first-order valence-corrected chi connectivity index (χ1v) is 11.9. The number of aryl methyl sites for hydroxylation is 2. The average Bonchev–Trinajstić information content (AvgIpc) is 2.34. The number of halogens is 1. The molecule has 1 aromatic rings. The summed E-state index contributed by atoms with van der Waals surface area (Å²) in [4.78, 5) is 0. The molecule has 110 valence electrons. The van der Waals surface area contributed by atoms with Gasteiger partial charge in [0, 0.05) is 16.0 Å². The zero-order valence-corrected chi connectivity index (χ0v) is 16.4. The van der Waals surface area contributed by atoms with Crippen LogP contribution in [0.1, 0.15) is 24.0 Å². The maximum absolute atomic E-state index is 5.40. The molecule has 0 fully saturated rings. The molecule has 0 saturated heterocycles. The fourth-order valence-corrected chi connectivity index (χ4v) is 3.44. The van der Waals surface area contributed by atoms with Crippen LogP contribution >= 0.6 is 22.6 Å². The van der Waals surface area contributed by atoms with Crippen LogP contribution < -0.4 is 4.74 Å². The van der Waals surface area contributed by atoms with Crippen LogP contribution in [0.3, 0.4) is 0 Å². The summed E-state index contributed by atoms with van der Waals surface area (Å²) in [6.45, 7) is 9.18. The van der Waals surface area contributed by atoms with E-state index in [-0.39, 0.29) is 0 Å². The van der Waals surface area contributed by atoms with Crippen molar-refractivity contribution in [3.05, 3.63) is 26.8 Å². The molecule has 0 N–H and O–H groups in total. The molecule has 0 atom stereocenters. The fraction of sp³-hybridized carbons (Fsp3) is 0.529. The molecule has 1 nitrogen and oxygen atoms in total. The van der Waals surface area contributed by atoms with Crippen LogP contribution in [0, 0.1) is 22.3 Å². The molecule has 0 spiro atoms. The van der Waals surface area contributed by atoms with Gasteiger partial charge in [0.15, 0.2) is 0 Å². The van der Waals surface area contributed by atoms with E-state index in [1.807, 2.05) is 0 Å². The van der Waals surface area contributed by atoms with Crippen LogP contribution in [-0.2, 0) is 6.42 Å². The van der Waals surface area contributed by atoms with Crippen molar-refractivity contribution in [3.8, 4) is 17.6 Å². The SMILES string of the molecule is COc1cc(CCCC#CC[Si](C)(C)C)c(I)cc1C. The van der Waals surface area contributed by atoms with Gasteiger partial charge in [0.05, 0.1) is 15.2 Å². The van der Waals surface area contributed by atoms with Gasteiger partial charge >= 0.3 is 0 Å². The van der Waals surface area contributed by atoms with E-state index in [9.17, 15) is 0 Å². The number of hydrogen-bond acceptors (Lipinski definition) is 1. The monoisotopic (exact) mass is 400 g/mol. The predicted molar refractivity (Wildman–Crippen MR) is 99.3 cm³/mol. The summed E-state index contributed by atoms with van der Waals surface area (Å²) in [5.41, 5.74) is 2.58. The molecule has 0 radical (unpaired) electrons. The van der Waals surface area contributed by atoms with Gasteiger partial charge in [-0.05, 0) is 65.6 Å². The minimum atomic E-state index is -1.00. The lowest BCUT2D eigenvalue weighted by atomic mass is 10.1. The molecule has 0 heterocycles. The molecule has 0 saturated carbocycles. The highest BCUT2D eigenvalue weighted by Gasteiger charge is 2.09. The molecule has 0 aliphatic heterocycles. The van der Waals surface area contributed by atoms with Crippen molar-refractivity contribution in [2.75, 3.05) is 7.11 Å². The van der Waals surface area contributed by atoms with Crippen molar-refractivity contribution >= 4 is 30.7 Å². The maximum Gasteiger partial charge on any atom is 0.122 e. The summed E-state index contributed by atoms with van der Waals surface area (Å²) in [5, 5.41) is 0. The number of ether oxygens (including phenoxy) is 1. The number of methoxy groups -OCH3 is 1. The van der Waals surface area contributed by atoms with Gasteiger partial charge in [-0.2, -0.15) is 0 Å². The Labute approximate surface area is 138 Å². The predicted octanol–water partition coefficient (Wildman–Crippen LogP) is 5.27. The molecule has 0 unspecified atom stereocenters. The number of rotatable bonds is 5. The third kappa shape index (κ3) is 6.32. The van der Waals surface area contributed by atoms with E-state index in [1.54, 1.807) is 7.11 Å². The van der Waals surface area contributed by atoms with E-state index in [0.717, 1.165) is 31.1 Å². The van der Waals surface area contributed by atoms with Crippen molar-refractivity contribution in [2.45, 2.75) is 51.9 Å². The fourth-order valence-electron chi connectivity index (χ4n) is 1.89. The lowest BCUT2D eigenvalue weighted by molar-refractivity contribution is 0.411. The standard InChI is InChI=1S/C17H25IOSi/c1-14-12-16(18)15(13-17(14)19-2)10-8-6-7-9-11-20(3,4)5/h12-13H,6,8,10-11H2,1-5H3. The lowest BCUT2D eigenvalue weighted by Gasteiger charge is -2.10. The largest absolute Gasteiger partial charge is 0.496 e. The lowest BCUT2D eigenvalue weighted by Crippen LogP contribution is -2.17. The summed E-state index contributed by atoms with van der Waals surface area (Å²) in [7, 11) is 0.737. The second-order valence-corrected chi connectivity index (χ2v) is 13.0. The minimum absolute atomic E-state index is 0.991. The highest BCUT2D eigenvalue weighted by atomic mass is 127. The highest BCUT2D eigenvalue weighted by Crippen LogP contribution is 2.25. The third-order valence-corrected chi connectivity index (χ3v) is 5.30. The molecule has 0 bridgehead atoms. The molecule has 3 heteroatoms. The number of unbranched alkanes of at least 4 members (excludes halogenated alkanes) is 1. The van der Waals surface area contributed by atoms with Crippen LogP contribution in [0.5, 0.6) is 5.75 Å². The zero-order valence-electron chi connectivity index (χ0n) is 13.3. The molecule has 1 rings (SSSR count). The van der Waals surface area contributed by atoms with Crippen molar-refractivity contribution in [3.63, 3.8) is 0 Å². The highest BCUT2D eigenvalue weighted by molar-refractivity contribution is 14.1. The van der Waals surface area contributed by atoms with Crippen molar-refractivity contribution in [1.82, 2.24) is 0 Å². The molecular weight excluding hydrogens is 375 g/mol. The first kappa shape index (κ1) is 17.6. The van der Waals surface area contributed by atoms with Gasteiger partial charge in [-0.3, -0.25) is 0 Å². The van der Waals surface area contributed by atoms with Crippen LogP contribution in [-0.4, -0.2) is 15.2 Å². The van der Waals surface area contributed by atoms with E-state index >= 15 is 0 Å². The van der Waals surface area contributed by atoms with Crippen LogP contribution in [0.2, 0.25) is 25.7 Å². The quantitative estimate of drug-likeness (QED) is 0.283. The summed E-state index contributed by atoms with van der Waals surface area (Å²) in [6, 6.07) is 5.49. The Morgan fingerprint density at radius 1 is 1.20 bits per heavy atom. The van der Waals surface area contributed by atoms with Gasteiger partial charge in [0.1, 0.15) is 5.75 Å². The van der Waals surface area contributed by atoms with Gasteiger partial charge in [-0.25, -0.2) is 0 Å². The molecule has 0 amide bonds. The van der Waals surface area contributed by atoms with Crippen molar-refractivity contribution in [2.24, 2.45) is 0 Å². The third-order valence-electron chi connectivity index (χ3n) is 3.06. The summed E-state index contributed by atoms with van der Waals surface area (Å²) in [6.07, 6.45) is 3.20. The van der Waals surface area contributed by atoms with E-state index in [4.69, 9.17) is 4.74 Å². The van der Waals surface area contributed by atoms with Gasteiger partial charge < -0.3 is 4.74 Å². The summed E-state index contributed by atoms with van der Waals surface area (Å²) in [5.74, 6) is 7.66. The second-order valence-electron chi connectivity index (χ2n) is 6.36. The van der Waals surface area contributed by atoms with Crippen LogP contribution in [0.15, 0.2) is 12.1 Å². The maximum atomic E-state index is 5.40. The second kappa shape index (κ2) is 8.09. The zero-order chi connectivity index (χ0) is 15.2. The van der Waals surface area contributed by atoms with E-state index < -0.39 is 8.07 Å². The molecule has 0 aromatic heterocycles. The Bertz CT molecular complexity index is 506. The number of hydrogen-bond donors (Lipinski definition) is 0. The van der Waals surface area contributed by atoms with Gasteiger partial charge in [-0.15, -0.1) is 11.8 Å². The first-order valence-electron chi connectivity index (χ1n) is 7.12. The Morgan fingerprint density at radius 3 is 2.50 bits per heavy atom. The Kier molecular flexibility index (Phi) is 7.11. The van der Waals surface area contributed by atoms with Crippen molar-refractivity contribution < 1.29 is 4.74 Å².